The maximum atomic E-state index is 11.0. The Morgan fingerprint density at radius 3 is 2.62 bits per heavy atom. The molecule has 0 aliphatic carbocycles. The first-order valence-corrected chi connectivity index (χ1v) is 6.33. The molecule has 0 fully saturated rings. The van der Waals surface area contributed by atoms with E-state index in [1.54, 1.807) is 0 Å². The second-order valence-corrected chi connectivity index (χ2v) is 4.97. The van der Waals surface area contributed by atoms with E-state index < -0.39 is 10.8 Å². The highest BCUT2D eigenvalue weighted by atomic mass is 32.2. The summed E-state index contributed by atoms with van der Waals surface area (Å²) in [6, 6.07) is 0. The third kappa shape index (κ3) is 9.99. The third-order valence-electron chi connectivity index (χ3n) is 1.56. The molecule has 0 heterocycles. The number of hydrogen-bond acceptors (Lipinski definition) is 3. The van der Waals surface area contributed by atoms with Crippen LogP contribution in [0.2, 0.25) is 0 Å². The summed E-state index contributed by atoms with van der Waals surface area (Å²) >= 11 is 0. The van der Waals surface area contributed by atoms with E-state index in [0.717, 1.165) is 31.2 Å². The summed E-state index contributed by atoms with van der Waals surface area (Å²) in [4.78, 5) is 0. The summed E-state index contributed by atoms with van der Waals surface area (Å²) in [5.74, 6) is 1.50. The lowest BCUT2D eigenvalue weighted by atomic mass is 10.5. The van der Waals surface area contributed by atoms with Gasteiger partial charge in [-0.1, -0.05) is 6.92 Å². The number of hydrogen-bond donors (Lipinski definition) is 1. The predicted molar refractivity (Wildman–Crippen MR) is 57.5 cm³/mol. The number of rotatable bonds is 8. The highest BCUT2D eigenvalue weighted by Gasteiger charge is 1.95. The molecule has 0 radical (unpaired) electrons. The molecule has 80 valence electrons. The average molecular weight is 207 g/mol. The van der Waals surface area contributed by atoms with E-state index >= 15 is 0 Å². The maximum absolute atomic E-state index is 11.0. The maximum Gasteiger partial charge on any atom is 0.0594 e. The molecule has 0 aliphatic rings. The Morgan fingerprint density at radius 1 is 1.38 bits per heavy atom. The largest absolute Gasteiger partial charge is 0.377 e. The molecule has 3 nitrogen and oxygen atoms in total. The van der Waals surface area contributed by atoms with Crippen molar-refractivity contribution in [3.63, 3.8) is 0 Å². The summed E-state index contributed by atoms with van der Waals surface area (Å²) < 4.78 is 16.3. The van der Waals surface area contributed by atoms with Crippen LogP contribution in [-0.4, -0.2) is 41.5 Å². The SMILES string of the molecule is CCS(=O)CCNCCOC(C)C. The van der Waals surface area contributed by atoms with E-state index in [1.165, 1.54) is 0 Å². The Kier molecular flexibility index (Phi) is 8.71. The average Bonchev–Trinajstić information content (AvgIpc) is 2.10. The second kappa shape index (κ2) is 8.66. The predicted octanol–water partition coefficient (Wildman–Crippen LogP) is 0.770. The van der Waals surface area contributed by atoms with E-state index in [2.05, 4.69) is 5.32 Å². The van der Waals surface area contributed by atoms with Gasteiger partial charge in [-0.3, -0.25) is 4.21 Å². The first kappa shape index (κ1) is 13.1. The van der Waals surface area contributed by atoms with Crippen LogP contribution in [0.4, 0.5) is 0 Å². The van der Waals surface area contributed by atoms with Gasteiger partial charge in [0.25, 0.3) is 0 Å². The topological polar surface area (TPSA) is 38.3 Å². The fraction of sp³-hybridized carbons (Fsp3) is 1.00. The van der Waals surface area contributed by atoms with Gasteiger partial charge in [0.15, 0.2) is 0 Å². The monoisotopic (exact) mass is 207 g/mol. The van der Waals surface area contributed by atoms with Gasteiger partial charge in [-0.05, 0) is 13.8 Å². The molecule has 0 spiro atoms. The molecule has 13 heavy (non-hydrogen) atoms. The van der Waals surface area contributed by atoms with Gasteiger partial charge in [0.1, 0.15) is 0 Å². The van der Waals surface area contributed by atoms with E-state index in [9.17, 15) is 4.21 Å². The van der Waals surface area contributed by atoms with Crippen molar-refractivity contribution in [3.05, 3.63) is 0 Å². The van der Waals surface area contributed by atoms with Gasteiger partial charge in [-0.2, -0.15) is 0 Å². The summed E-state index contributed by atoms with van der Waals surface area (Å²) in [5.41, 5.74) is 0. The first-order valence-electron chi connectivity index (χ1n) is 4.84. The molecule has 0 aromatic heterocycles. The number of nitrogens with one attached hydrogen (secondary N) is 1. The Balaban J connectivity index is 3.04. The van der Waals surface area contributed by atoms with Gasteiger partial charge in [0.05, 0.1) is 12.7 Å². The fourth-order valence-corrected chi connectivity index (χ4v) is 1.48. The quantitative estimate of drug-likeness (QED) is 0.598. The molecule has 1 atom stereocenters. The van der Waals surface area contributed by atoms with Crippen LogP contribution in [0.15, 0.2) is 0 Å². The molecule has 1 N–H and O–H groups in total. The third-order valence-corrected chi connectivity index (χ3v) is 2.86. The lowest BCUT2D eigenvalue weighted by Gasteiger charge is -2.07. The van der Waals surface area contributed by atoms with Gasteiger partial charge >= 0.3 is 0 Å². The Hall–Kier alpha value is 0.0700. The van der Waals surface area contributed by atoms with Crippen LogP contribution in [0.5, 0.6) is 0 Å². The molecule has 0 saturated heterocycles. The van der Waals surface area contributed by atoms with Crippen molar-refractivity contribution in [2.45, 2.75) is 26.9 Å². The van der Waals surface area contributed by atoms with Crippen molar-refractivity contribution in [2.24, 2.45) is 0 Å². The Bertz CT molecular complexity index is 140. The van der Waals surface area contributed by atoms with Crippen LogP contribution >= 0.6 is 0 Å². The van der Waals surface area contributed by atoms with Crippen LogP contribution in [0.1, 0.15) is 20.8 Å². The number of ether oxygens (including phenoxy) is 1. The van der Waals surface area contributed by atoms with E-state index in [-0.39, 0.29) is 0 Å². The molecule has 0 aromatic rings. The zero-order chi connectivity index (χ0) is 10.1. The molecule has 4 heteroatoms. The summed E-state index contributed by atoms with van der Waals surface area (Å²) in [6.07, 6.45) is 0.298. The van der Waals surface area contributed by atoms with Gasteiger partial charge in [-0.25, -0.2) is 0 Å². The minimum atomic E-state index is -0.645. The van der Waals surface area contributed by atoms with Crippen molar-refractivity contribution in [1.82, 2.24) is 5.32 Å². The van der Waals surface area contributed by atoms with E-state index in [4.69, 9.17) is 4.74 Å². The smallest absolute Gasteiger partial charge is 0.0594 e. The Labute approximate surface area is 83.7 Å². The molecular weight excluding hydrogens is 186 g/mol. The summed E-state index contributed by atoms with van der Waals surface area (Å²) in [5, 5.41) is 3.19. The minimum absolute atomic E-state index is 0.298. The molecule has 0 aromatic carbocycles. The zero-order valence-electron chi connectivity index (χ0n) is 8.84. The molecular formula is C9H21NO2S. The van der Waals surface area contributed by atoms with Gasteiger partial charge in [0.2, 0.25) is 0 Å². The summed E-state index contributed by atoms with van der Waals surface area (Å²) in [7, 11) is -0.645. The van der Waals surface area contributed by atoms with Crippen molar-refractivity contribution in [2.75, 3.05) is 31.2 Å². The van der Waals surface area contributed by atoms with Gasteiger partial charge < -0.3 is 10.1 Å². The van der Waals surface area contributed by atoms with Crippen LogP contribution in [0, 0.1) is 0 Å². The lowest BCUT2D eigenvalue weighted by molar-refractivity contribution is 0.0811. The zero-order valence-corrected chi connectivity index (χ0v) is 9.65. The van der Waals surface area contributed by atoms with Gasteiger partial charge in [0, 0.05) is 35.4 Å². The second-order valence-electron chi connectivity index (χ2n) is 3.10. The molecule has 0 amide bonds. The van der Waals surface area contributed by atoms with E-state index in [0.29, 0.717) is 6.10 Å². The van der Waals surface area contributed by atoms with E-state index in [1.807, 2.05) is 20.8 Å². The summed E-state index contributed by atoms with van der Waals surface area (Å²) in [6.45, 7) is 8.38. The molecule has 1 unspecified atom stereocenters. The fourth-order valence-electron chi connectivity index (χ4n) is 0.822. The van der Waals surface area contributed by atoms with Crippen LogP contribution < -0.4 is 5.32 Å². The normalized spacial score (nSPS) is 13.5. The van der Waals surface area contributed by atoms with Crippen LogP contribution in [-0.2, 0) is 15.5 Å². The molecule has 0 saturated carbocycles. The highest BCUT2D eigenvalue weighted by Crippen LogP contribution is 1.85. The Morgan fingerprint density at radius 2 is 2.08 bits per heavy atom. The molecule has 0 bridgehead atoms. The molecule has 0 aliphatic heterocycles. The van der Waals surface area contributed by atoms with Crippen molar-refractivity contribution < 1.29 is 8.95 Å². The minimum Gasteiger partial charge on any atom is -0.377 e. The highest BCUT2D eigenvalue weighted by molar-refractivity contribution is 7.84. The van der Waals surface area contributed by atoms with Crippen molar-refractivity contribution >= 4 is 10.8 Å². The molecule has 0 rings (SSSR count). The van der Waals surface area contributed by atoms with Crippen LogP contribution in [0.25, 0.3) is 0 Å². The van der Waals surface area contributed by atoms with Crippen LogP contribution in [0.3, 0.4) is 0 Å². The first-order chi connectivity index (χ1) is 6.16. The van der Waals surface area contributed by atoms with Gasteiger partial charge in [-0.15, -0.1) is 0 Å². The standard InChI is InChI=1S/C9H21NO2S/c1-4-13(11)8-6-10-5-7-12-9(2)3/h9-10H,4-8H2,1-3H3. The van der Waals surface area contributed by atoms with Crippen molar-refractivity contribution in [3.8, 4) is 0 Å². The van der Waals surface area contributed by atoms with Crippen molar-refractivity contribution in [1.29, 1.82) is 0 Å². The lowest BCUT2D eigenvalue weighted by Crippen LogP contribution is -2.25.